The maximum atomic E-state index is 13.7. The van der Waals surface area contributed by atoms with Crippen molar-refractivity contribution in [2.45, 2.75) is 71.3 Å². The first-order valence-electron chi connectivity index (χ1n) is 11.8. The van der Waals surface area contributed by atoms with Crippen LogP contribution in [0.4, 0.5) is 13.6 Å². The molecule has 34 heavy (non-hydrogen) atoms. The quantitative estimate of drug-likeness (QED) is 0.640. The summed E-state index contributed by atoms with van der Waals surface area (Å²) in [5.74, 6) is -1.33. The topological polar surface area (TPSA) is 70.7 Å². The van der Waals surface area contributed by atoms with E-state index in [0.717, 1.165) is 18.6 Å². The van der Waals surface area contributed by atoms with Crippen LogP contribution in [0.1, 0.15) is 56.7 Å². The summed E-state index contributed by atoms with van der Waals surface area (Å²) in [4.78, 5) is 26.6. The van der Waals surface area contributed by atoms with Crippen molar-refractivity contribution in [3.63, 3.8) is 0 Å². The number of rotatable bonds is 6. The van der Waals surface area contributed by atoms with Crippen LogP contribution in [-0.4, -0.2) is 35.1 Å². The summed E-state index contributed by atoms with van der Waals surface area (Å²) in [6.07, 6.45) is 1.37. The number of alkyl carbamates (subject to hydrolysis) is 1. The number of ether oxygens (including phenoxy) is 1. The Bertz CT molecular complexity index is 992. The second kappa shape index (κ2) is 11.4. The third-order valence-electron chi connectivity index (χ3n) is 6.21. The number of fused-ring (bicyclic) bond motifs is 1. The van der Waals surface area contributed by atoms with Gasteiger partial charge < -0.3 is 20.3 Å². The molecule has 1 heterocycles. The largest absolute Gasteiger partial charge is 0.443 e. The Morgan fingerprint density at radius 3 is 2.44 bits per heavy atom. The van der Waals surface area contributed by atoms with E-state index >= 15 is 0 Å². The lowest BCUT2D eigenvalue weighted by Crippen LogP contribution is -2.40. The average Bonchev–Trinajstić information content (AvgIpc) is 3.42. The molecule has 2 aromatic carbocycles. The first-order chi connectivity index (χ1) is 16.3. The van der Waals surface area contributed by atoms with Gasteiger partial charge in [-0.2, -0.15) is 0 Å². The van der Waals surface area contributed by atoms with E-state index in [1.165, 1.54) is 17.2 Å². The smallest absolute Gasteiger partial charge is 0.407 e. The van der Waals surface area contributed by atoms with Gasteiger partial charge in [0, 0.05) is 43.7 Å². The van der Waals surface area contributed by atoms with E-state index in [1.807, 2.05) is 49.9 Å². The van der Waals surface area contributed by atoms with Crippen LogP contribution in [0.25, 0.3) is 0 Å². The van der Waals surface area contributed by atoms with Crippen LogP contribution in [0, 0.1) is 11.6 Å². The minimum Gasteiger partial charge on any atom is -0.443 e. The predicted octanol–water partition coefficient (Wildman–Crippen LogP) is 4.66. The molecular weight excluding hydrogens is 440 g/mol. The zero-order valence-corrected chi connectivity index (χ0v) is 20.0. The fourth-order valence-electron chi connectivity index (χ4n) is 4.42. The normalized spacial score (nSPS) is 20.9. The van der Waals surface area contributed by atoms with Gasteiger partial charge in [-0.1, -0.05) is 44.2 Å². The number of nitrogens with zero attached hydrogens (tertiary/aromatic N) is 1. The molecule has 2 atom stereocenters. The Balaban J connectivity index is 0.00000158. The van der Waals surface area contributed by atoms with E-state index in [-0.39, 0.29) is 30.6 Å². The average molecular weight is 474 g/mol. The number of carbonyl (C=O) groups is 2. The van der Waals surface area contributed by atoms with Gasteiger partial charge in [-0.25, -0.2) is 13.6 Å². The van der Waals surface area contributed by atoms with E-state index < -0.39 is 23.3 Å². The van der Waals surface area contributed by atoms with Gasteiger partial charge in [0.15, 0.2) is 0 Å². The third-order valence-corrected chi connectivity index (χ3v) is 6.21. The van der Waals surface area contributed by atoms with Gasteiger partial charge in [-0.15, -0.1) is 0 Å². The molecule has 0 saturated heterocycles. The maximum absolute atomic E-state index is 13.7. The number of benzene rings is 2. The van der Waals surface area contributed by atoms with E-state index in [2.05, 4.69) is 10.6 Å². The minimum atomic E-state index is -0.715. The molecule has 0 spiro atoms. The highest BCUT2D eigenvalue weighted by Gasteiger charge is 2.38. The van der Waals surface area contributed by atoms with Crippen molar-refractivity contribution in [3.05, 3.63) is 70.8 Å². The van der Waals surface area contributed by atoms with E-state index in [1.54, 1.807) is 0 Å². The number of halogens is 2. The molecule has 1 fully saturated rings. The zero-order chi connectivity index (χ0) is 24.7. The molecule has 2 aromatic rings. The van der Waals surface area contributed by atoms with E-state index in [4.69, 9.17) is 4.74 Å². The van der Waals surface area contributed by atoms with Crippen LogP contribution in [0.2, 0.25) is 0 Å². The van der Waals surface area contributed by atoms with Crippen LogP contribution in [0.15, 0.2) is 42.5 Å². The standard InChI is InChI=1S/C24H27F2N3O3.C2H6/c1-24(32-23(31)28-12-16-6-7-19(25)10-21(16)26)9-8-20(11-24)27-13-22(30)29-14-17-4-2-3-5-18(17)15-29;1-2/h2-7,10,20,27H,8-9,11-15H2,1H3,(H,28,31);1-2H3. The summed E-state index contributed by atoms with van der Waals surface area (Å²) in [7, 11) is 0. The third kappa shape index (κ3) is 6.53. The minimum absolute atomic E-state index is 0.0507. The molecule has 1 aliphatic carbocycles. The van der Waals surface area contributed by atoms with Gasteiger partial charge >= 0.3 is 6.09 Å². The van der Waals surface area contributed by atoms with Gasteiger partial charge in [0.25, 0.3) is 0 Å². The molecule has 4 rings (SSSR count). The lowest BCUT2D eigenvalue weighted by atomic mass is 10.1. The molecule has 0 radical (unpaired) electrons. The van der Waals surface area contributed by atoms with Crippen molar-refractivity contribution in [1.82, 2.24) is 15.5 Å². The fraction of sp³-hybridized carbons (Fsp3) is 0.462. The first kappa shape index (κ1) is 25.6. The number of amides is 2. The van der Waals surface area contributed by atoms with Crippen LogP contribution in [0.3, 0.4) is 0 Å². The summed E-state index contributed by atoms with van der Waals surface area (Å²) in [6.45, 7) is 7.28. The van der Waals surface area contributed by atoms with Crippen molar-refractivity contribution < 1.29 is 23.1 Å². The van der Waals surface area contributed by atoms with Crippen molar-refractivity contribution in [2.24, 2.45) is 0 Å². The summed E-state index contributed by atoms with van der Waals surface area (Å²) < 4.78 is 32.3. The lowest BCUT2D eigenvalue weighted by molar-refractivity contribution is -0.131. The Labute approximate surface area is 199 Å². The molecule has 0 bridgehead atoms. The second-order valence-electron chi connectivity index (χ2n) is 8.77. The van der Waals surface area contributed by atoms with Crippen LogP contribution in [-0.2, 0) is 29.2 Å². The van der Waals surface area contributed by atoms with Crippen molar-refractivity contribution in [1.29, 1.82) is 0 Å². The Hall–Kier alpha value is -3.00. The molecule has 2 amide bonds. The molecule has 1 aliphatic heterocycles. The molecule has 0 aromatic heterocycles. The van der Waals surface area contributed by atoms with Crippen molar-refractivity contribution in [3.8, 4) is 0 Å². The zero-order valence-electron chi connectivity index (χ0n) is 20.0. The molecule has 184 valence electrons. The number of hydrogen-bond acceptors (Lipinski definition) is 4. The summed E-state index contributed by atoms with van der Waals surface area (Å²) in [6, 6.07) is 11.3. The van der Waals surface area contributed by atoms with Gasteiger partial charge in [0.05, 0.1) is 6.54 Å². The van der Waals surface area contributed by atoms with Crippen molar-refractivity contribution >= 4 is 12.0 Å². The van der Waals surface area contributed by atoms with Crippen LogP contribution >= 0.6 is 0 Å². The Morgan fingerprint density at radius 1 is 1.12 bits per heavy atom. The summed E-state index contributed by atoms with van der Waals surface area (Å²) in [5, 5.41) is 5.81. The second-order valence-corrected chi connectivity index (χ2v) is 8.77. The maximum Gasteiger partial charge on any atom is 0.407 e. The highest BCUT2D eigenvalue weighted by atomic mass is 19.1. The van der Waals surface area contributed by atoms with Crippen LogP contribution in [0.5, 0.6) is 0 Å². The van der Waals surface area contributed by atoms with Crippen molar-refractivity contribution in [2.75, 3.05) is 6.54 Å². The summed E-state index contributed by atoms with van der Waals surface area (Å²) >= 11 is 0. The lowest BCUT2D eigenvalue weighted by Gasteiger charge is -2.25. The first-order valence-corrected chi connectivity index (χ1v) is 11.8. The molecule has 2 N–H and O–H groups in total. The highest BCUT2D eigenvalue weighted by molar-refractivity contribution is 5.79. The molecular formula is C26H33F2N3O3. The number of carbonyl (C=O) groups excluding carboxylic acids is 2. The SMILES string of the molecule is CC.CC1(OC(=O)NCc2ccc(F)cc2F)CCC(NCC(=O)N2Cc3ccccc3C2)C1. The van der Waals surface area contributed by atoms with Gasteiger partial charge in [0.2, 0.25) is 5.91 Å². The highest BCUT2D eigenvalue weighted by Crippen LogP contribution is 2.33. The Kier molecular flexibility index (Phi) is 8.61. The number of hydrogen-bond donors (Lipinski definition) is 2. The fourth-order valence-corrected chi connectivity index (χ4v) is 4.42. The van der Waals surface area contributed by atoms with Gasteiger partial charge in [-0.3, -0.25) is 4.79 Å². The van der Waals surface area contributed by atoms with Gasteiger partial charge in [0.1, 0.15) is 17.2 Å². The van der Waals surface area contributed by atoms with Crippen LogP contribution < -0.4 is 10.6 Å². The molecule has 8 heteroatoms. The Morgan fingerprint density at radius 2 is 1.79 bits per heavy atom. The number of nitrogens with one attached hydrogen (secondary N) is 2. The van der Waals surface area contributed by atoms with E-state index in [9.17, 15) is 18.4 Å². The monoisotopic (exact) mass is 473 g/mol. The predicted molar refractivity (Wildman–Crippen MR) is 126 cm³/mol. The molecule has 2 unspecified atom stereocenters. The van der Waals surface area contributed by atoms with Gasteiger partial charge in [-0.05, 0) is 37.0 Å². The molecule has 2 aliphatic rings. The molecule has 1 saturated carbocycles. The summed E-state index contributed by atoms with van der Waals surface area (Å²) in [5.41, 5.74) is 1.89. The molecule has 6 nitrogen and oxygen atoms in total. The van der Waals surface area contributed by atoms with E-state index in [0.29, 0.717) is 25.9 Å².